The molecule has 4 nitrogen and oxygen atoms in total. The molecule has 2 rings (SSSR count). The van der Waals surface area contributed by atoms with Crippen LogP contribution in [0.1, 0.15) is 30.9 Å². The second-order valence-corrected chi connectivity index (χ2v) is 5.56. The van der Waals surface area contributed by atoms with Crippen LogP contribution in [0.3, 0.4) is 0 Å². The lowest BCUT2D eigenvalue weighted by Crippen LogP contribution is -2.30. The summed E-state index contributed by atoms with van der Waals surface area (Å²) in [7, 11) is 0. The quantitative estimate of drug-likeness (QED) is 0.882. The van der Waals surface area contributed by atoms with Crippen molar-refractivity contribution in [3.05, 3.63) is 40.0 Å². The topological polar surface area (TPSA) is 58.0 Å². The normalized spacial score (nSPS) is 14.1. The van der Waals surface area contributed by atoms with Crippen LogP contribution in [0, 0.1) is 6.92 Å². The van der Waals surface area contributed by atoms with E-state index in [2.05, 4.69) is 22.2 Å². The number of nitrogens with zero attached hydrogens (tertiary/aromatic N) is 2. The zero-order valence-corrected chi connectivity index (χ0v) is 12.3. The fourth-order valence-corrected chi connectivity index (χ4v) is 2.62. The zero-order chi connectivity index (χ0) is 13.9. The van der Waals surface area contributed by atoms with Gasteiger partial charge in [0.2, 0.25) is 0 Å². The fourth-order valence-electron chi connectivity index (χ4n) is 1.84. The van der Waals surface area contributed by atoms with E-state index in [1.165, 1.54) is 0 Å². The molecule has 19 heavy (non-hydrogen) atoms. The number of aryl methyl sites for hydroxylation is 2. The summed E-state index contributed by atoms with van der Waals surface area (Å²) in [6.07, 6.45) is 0.874. The minimum absolute atomic E-state index is 0.420. The summed E-state index contributed by atoms with van der Waals surface area (Å²) in [6, 6.07) is 3.87. The standard InChI is InChI=1S/C14H19N3OS/c1-4-12-7-13(17-10(2)16-12)15-9-14(3,18)11-5-6-19-8-11/h5-8,18H,4,9H2,1-3H3,(H,15,16,17). The van der Waals surface area contributed by atoms with Gasteiger partial charge in [-0.3, -0.25) is 0 Å². The Morgan fingerprint density at radius 3 is 2.84 bits per heavy atom. The lowest BCUT2D eigenvalue weighted by molar-refractivity contribution is 0.0719. The molecule has 0 saturated carbocycles. The number of aromatic nitrogens is 2. The Morgan fingerprint density at radius 1 is 1.42 bits per heavy atom. The molecule has 5 heteroatoms. The summed E-state index contributed by atoms with van der Waals surface area (Å²) in [5, 5.41) is 17.6. The van der Waals surface area contributed by atoms with Gasteiger partial charge in [-0.1, -0.05) is 6.92 Å². The molecule has 0 aliphatic carbocycles. The van der Waals surface area contributed by atoms with Crippen molar-refractivity contribution < 1.29 is 5.11 Å². The molecule has 0 saturated heterocycles. The number of anilines is 1. The van der Waals surface area contributed by atoms with Gasteiger partial charge in [0.15, 0.2) is 0 Å². The number of thiophene rings is 1. The molecule has 0 radical (unpaired) electrons. The molecule has 0 aliphatic heterocycles. The van der Waals surface area contributed by atoms with Gasteiger partial charge in [-0.15, -0.1) is 0 Å². The van der Waals surface area contributed by atoms with Crippen molar-refractivity contribution in [2.24, 2.45) is 0 Å². The van der Waals surface area contributed by atoms with Crippen molar-refractivity contribution in [3.63, 3.8) is 0 Å². The average molecular weight is 277 g/mol. The Morgan fingerprint density at radius 2 is 2.21 bits per heavy atom. The summed E-state index contributed by atoms with van der Waals surface area (Å²) in [5.41, 5.74) is 1.03. The molecular formula is C14H19N3OS. The van der Waals surface area contributed by atoms with Crippen molar-refractivity contribution in [1.29, 1.82) is 0 Å². The maximum absolute atomic E-state index is 10.4. The summed E-state index contributed by atoms with van der Waals surface area (Å²) < 4.78 is 0. The van der Waals surface area contributed by atoms with E-state index in [1.54, 1.807) is 18.3 Å². The molecule has 2 heterocycles. The first-order valence-corrected chi connectivity index (χ1v) is 7.29. The molecule has 2 aromatic rings. The van der Waals surface area contributed by atoms with Crippen LogP contribution in [0.5, 0.6) is 0 Å². The van der Waals surface area contributed by atoms with Crippen LogP contribution in [-0.2, 0) is 12.0 Å². The molecule has 0 aromatic carbocycles. The lowest BCUT2D eigenvalue weighted by atomic mass is 9.99. The van der Waals surface area contributed by atoms with Crippen molar-refractivity contribution >= 4 is 17.2 Å². The van der Waals surface area contributed by atoms with E-state index >= 15 is 0 Å². The van der Waals surface area contributed by atoms with E-state index in [4.69, 9.17) is 0 Å². The number of nitrogens with one attached hydrogen (secondary N) is 1. The Kier molecular flexibility index (Phi) is 4.17. The molecule has 0 aliphatic rings. The second kappa shape index (κ2) is 5.67. The third-order valence-corrected chi connectivity index (χ3v) is 3.69. The van der Waals surface area contributed by atoms with E-state index in [0.717, 1.165) is 29.3 Å². The Labute approximate surface area is 117 Å². The van der Waals surface area contributed by atoms with Gasteiger partial charge in [-0.05, 0) is 42.7 Å². The van der Waals surface area contributed by atoms with Crippen molar-refractivity contribution in [1.82, 2.24) is 9.97 Å². The largest absolute Gasteiger partial charge is 0.384 e. The highest BCUT2D eigenvalue weighted by Crippen LogP contribution is 2.23. The van der Waals surface area contributed by atoms with Gasteiger partial charge in [0.25, 0.3) is 0 Å². The Balaban J connectivity index is 2.08. The predicted octanol–water partition coefficient (Wildman–Crippen LogP) is 2.73. The number of hydrogen-bond donors (Lipinski definition) is 2. The number of hydrogen-bond acceptors (Lipinski definition) is 5. The first kappa shape index (κ1) is 14.0. The lowest BCUT2D eigenvalue weighted by Gasteiger charge is -2.23. The zero-order valence-electron chi connectivity index (χ0n) is 11.5. The van der Waals surface area contributed by atoms with Gasteiger partial charge < -0.3 is 10.4 Å². The molecule has 0 fully saturated rings. The predicted molar refractivity (Wildman–Crippen MR) is 78.5 cm³/mol. The van der Waals surface area contributed by atoms with Gasteiger partial charge in [-0.25, -0.2) is 9.97 Å². The summed E-state index contributed by atoms with van der Waals surface area (Å²) in [5.74, 6) is 1.51. The molecule has 2 aromatic heterocycles. The molecule has 0 bridgehead atoms. The molecule has 1 unspecified atom stereocenters. The highest BCUT2D eigenvalue weighted by atomic mass is 32.1. The van der Waals surface area contributed by atoms with Gasteiger partial charge >= 0.3 is 0 Å². The minimum Gasteiger partial charge on any atom is -0.384 e. The first-order valence-electron chi connectivity index (χ1n) is 6.35. The molecule has 102 valence electrons. The van der Waals surface area contributed by atoms with Gasteiger partial charge in [0.1, 0.15) is 17.2 Å². The molecule has 1 atom stereocenters. The third kappa shape index (κ3) is 3.52. The monoisotopic (exact) mass is 277 g/mol. The number of rotatable bonds is 5. The van der Waals surface area contributed by atoms with Crippen LogP contribution < -0.4 is 5.32 Å². The van der Waals surface area contributed by atoms with Crippen LogP contribution in [0.2, 0.25) is 0 Å². The van der Waals surface area contributed by atoms with Gasteiger partial charge in [0.05, 0.1) is 0 Å². The second-order valence-electron chi connectivity index (χ2n) is 4.78. The number of aliphatic hydroxyl groups is 1. The van der Waals surface area contributed by atoms with E-state index in [1.807, 2.05) is 29.8 Å². The summed E-state index contributed by atoms with van der Waals surface area (Å²) in [4.78, 5) is 8.67. The van der Waals surface area contributed by atoms with E-state index in [-0.39, 0.29) is 0 Å². The van der Waals surface area contributed by atoms with Crippen LogP contribution >= 0.6 is 11.3 Å². The fraction of sp³-hybridized carbons (Fsp3) is 0.429. The first-order chi connectivity index (χ1) is 9.01. The maximum Gasteiger partial charge on any atom is 0.130 e. The SMILES string of the molecule is CCc1cc(NCC(C)(O)c2ccsc2)nc(C)n1. The van der Waals surface area contributed by atoms with E-state index in [0.29, 0.717) is 6.54 Å². The molecule has 0 spiro atoms. The average Bonchev–Trinajstić information content (AvgIpc) is 2.90. The van der Waals surface area contributed by atoms with Crippen molar-refractivity contribution in [2.45, 2.75) is 32.8 Å². The van der Waals surface area contributed by atoms with E-state index < -0.39 is 5.60 Å². The summed E-state index contributed by atoms with van der Waals surface area (Å²) in [6.45, 7) is 6.16. The third-order valence-electron chi connectivity index (χ3n) is 3.01. The molecule has 2 N–H and O–H groups in total. The molecular weight excluding hydrogens is 258 g/mol. The Bertz CT molecular complexity index is 538. The maximum atomic E-state index is 10.4. The molecule has 0 amide bonds. The van der Waals surface area contributed by atoms with Crippen LogP contribution in [-0.4, -0.2) is 21.6 Å². The summed E-state index contributed by atoms with van der Waals surface area (Å²) >= 11 is 1.58. The van der Waals surface area contributed by atoms with Crippen LogP contribution in [0.15, 0.2) is 22.9 Å². The van der Waals surface area contributed by atoms with E-state index in [9.17, 15) is 5.11 Å². The van der Waals surface area contributed by atoms with Crippen LogP contribution in [0.4, 0.5) is 5.82 Å². The minimum atomic E-state index is -0.898. The van der Waals surface area contributed by atoms with Gasteiger partial charge in [0, 0.05) is 18.3 Å². The Hall–Kier alpha value is -1.46. The van der Waals surface area contributed by atoms with Crippen LogP contribution in [0.25, 0.3) is 0 Å². The van der Waals surface area contributed by atoms with Gasteiger partial charge in [-0.2, -0.15) is 11.3 Å². The smallest absolute Gasteiger partial charge is 0.130 e. The highest BCUT2D eigenvalue weighted by Gasteiger charge is 2.23. The van der Waals surface area contributed by atoms with Crippen molar-refractivity contribution in [3.8, 4) is 0 Å². The highest BCUT2D eigenvalue weighted by molar-refractivity contribution is 7.08. The van der Waals surface area contributed by atoms with Crippen molar-refractivity contribution in [2.75, 3.05) is 11.9 Å².